The zero-order chi connectivity index (χ0) is 13.9. The number of imidazole rings is 1. The maximum absolute atomic E-state index is 5.51. The van der Waals surface area contributed by atoms with E-state index in [0.717, 1.165) is 52.5 Å². The van der Waals surface area contributed by atoms with E-state index in [4.69, 9.17) is 9.72 Å². The summed E-state index contributed by atoms with van der Waals surface area (Å²) < 4.78 is 7.85. The summed E-state index contributed by atoms with van der Waals surface area (Å²) in [6.07, 6.45) is 3.42. The molecule has 2 aliphatic heterocycles. The zero-order valence-electron chi connectivity index (χ0n) is 12.7. The summed E-state index contributed by atoms with van der Waals surface area (Å²) >= 11 is 0. The first-order valence-electron chi connectivity index (χ1n) is 7.89. The summed E-state index contributed by atoms with van der Waals surface area (Å²) in [5, 5.41) is 0. The molecule has 1 aromatic heterocycles. The number of hydrogen-bond acceptors (Lipinski definition) is 4. The third-order valence-corrected chi connectivity index (χ3v) is 4.58. The number of aromatic nitrogens is 2. The second-order valence-electron chi connectivity index (χ2n) is 5.79. The molecule has 0 N–H and O–H groups in total. The molecule has 112 valence electrons. The number of fused-ring (bicyclic) bond motifs is 1. The summed E-state index contributed by atoms with van der Waals surface area (Å²) in [6, 6.07) is 0.603. The first kappa shape index (κ1) is 14.0. The zero-order valence-corrected chi connectivity index (χ0v) is 12.7. The smallest absolute Gasteiger partial charge is 0.123 e. The van der Waals surface area contributed by atoms with Gasteiger partial charge in [-0.1, -0.05) is 13.8 Å². The minimum atomic E-state index is 0.603. The molecule has 1 saturated heterocycles. The van der Waals surface area contributed by atoms with E-state index in [-0.39, 0.29) is 0 Å². The maximum atomic E-state index is 5.51. The van der Waals surface area contributed by atoms with Crippen LogP contribution in [-0.4, -0.2) is 58.2 Å². The molecule has 0 aromatic carbocycles. The van der Waals surface area contributed by atoms with Gasteiger partial charge < -0.3 is 9.30 Å². The van der Waals surface area contributed by atoms with Crippen molar-refractivity contribution in [2.24, 2.45) is 0 Å². The molecule has 3 heterocycles. The molecule has 3 rings (SSSR count). The van der Waals surface area contributed by atoms with Crippen LogP contribution in [0.3, 0.4) is 0 Å². The van der Waals surface area contributed by atoms with Gasteiger partial charge >= 0.3 is 0 Å². The number of rotatable bonds is 5. The van der Waals surface area contributed by atoms with Gasteiger partial charge in [-0.15, -0.1) is 0 Å². The van der Waals surface area contributed by atoms with Crippen molar-refractivity contribution in [1.29, 1.82) is 0 Å². The maximum Gasteiger partial charge on any atom is 0.123 e. The van der Waals surface area contributed by atoms with Crippen LogP contribution in [0, 0.1) is 0 Å². The fourth-order valence-corrected chi connectivity index (χ4v) is 3.20. The molecule has 0 spiro atoms. The van der Waals surface area contributed by atoms with E-state index in [2.05, 4.69) is 34.4 Å². The lowest BCUT2D eigenvalue weighted by atomic mass is 10.2. The molecule has 0 aliphatic carbocycles. The molecule has 0 amide bonds. The van der Waals surface area contributed by atoms with Gasteiger partial charge in [-0.2, -0.15) is 0 Å². The van der Waals surface area contributed by atoms with Crippen LogP contribution in [0.1, 0.15) is 31.8 Å². The minimum Gasteiger partial charge on any atom is -0.380 e. The average molecular weight is 278 g/mol. The topological polar surface area (TPSA) is 33.5 Å². The normalized spacial score (nSPS) is 23.4. The SMILES string of the molecule is CCN(CC)Cc1cn2c(n1)CN([C@@H]1CCOC1)CC2. The molecule has 20 heavy (non-hydrogen) atoms. The van der Waals surface area contributed by atoms with Crippen molar-refractivity contribution in [3.8, 4) is 0 Å². The van der Waals surface area contributed by atoms with Crippen molar-refractivity contribution in [3.05, 3.63) is 17.7 Å². The fraction of sp³-hybridized carbons (Fsp3) is 0.800. The van der Waals surface area contributed by atoms with Crippen molar-refractivity contribution < 1.29 is 4.74 Å². The molecule has 2 aliphatic rings. The summed E-state index contributed by atoms with van der Waals surface area (Å²) in [5.41, 5.74) is 1.22. The Bertz CT molecular complexity index is 435. The van der Waals surface area contributed by atoms with Crippen molar-refractivity contribution in [1.82, 2.24) is 19.4 Å². The summed E-state index contributed by atoms with van der Waals surface area (Å²) in [6.45, 7) is 12.6. The quantitative estimate of drug-likeness (QED) is 0.813. The Hall–Kier alpha value is -0.910. The van der Waals surface area contributed by atoms with E-state index in [1.807, 2.05) is 0 Å². The fourth-order valence-electron chi connectivity index (χ4n) is 3.20. The van der Waals surface area contributed by atoms with E-state index in [1.165, 1.54) is 17.9 Å². The number of nitrogens with zero attached hydrogens (tertiary/aromatic N) is 4. The van der Waals surface area contributed by atoms with E-state index in [0.29, 0.717) is 6.04 Å². The summed E-state index contributed by atoms with van der Waals surface area (Å²) in [7, 11) is 0. The molecule has 1 fully saturated rings. The Morgan fingerprint density at radius 1 is 1.35 bits per heavy atom. The van der Waals surface area contributed by atoms with Gasteiger partial charge in [-0.3, -0.25) is 9.80 Å². The Labute approximate surface area is 121 Å². The van der Waals surface area contributed by atoms with Crippen LogP contribution in [0.5, 0.6) is 0 Å². The van der Waals surface area contributed by atoms with Gasteiger partial charge in [-0.25, -0.2) is 4.98 Å². The van der Waals surface area contributed by atoms with Crippen LogP contribution >= 0.6 is 0 Å². The molecule has 1 aromatic rings. The third-order valence-electron chi connectivity index (χ3n) is 4.58. The van der Waals surface area contributed by atoms with E-state index >= 15 is 0 Å². The van der Waals surface area contributed by atoms with Crippen LogP contribution in [0.25, 0.3) is 0 Å². The molecule has 0 saturated carbocycles. The highest BCUT2D eigenvalue weighted by molar-refractivity contribution is 5.07. The second-order valence-corrected chi connectivity index (χ2v) is 5.79. The monoisotopic (exact) mass is 278 g/mol. The molecule has 5 nitrogen and oxygen atoms in total. The predicted octanol–water partition coefficient (Wildman–Crippen LogP) is 1.33. The van der Waals surface area contributed by atoms with E-state index in [9.17, 15) is 0 Å². The molecule has 0 bridgehead atoms. The van der Waals surface area contributed by atoms with Gasteiger partial charge in [0.1, 0.15) is 5.82 Å². The molecule has 0 radical (unpaired) electrons. The minimum absolute atomic E-state index is 0.603. The van der Waals surface area contributed by atoms with Crippen LogP contribution in [0.2, 0.25) is 0 Å². The number of hydrogen-bond donors (Lipinski definition) is 0. The van der Waals surface area contributed by atoms with Crippen LogP contribution in [0.15, 0.2) is 6.20 Å². The van der Waals surface area contributed by atoms with Crippen LogP contribution in [-0.2, 0) is 24.4 Å². The number of ether oxygens (including phenoxy) is 1. The standard InChI is InChI=1S/C15H26N4O/c1-3-17(4-2)9-13-10-19-7-6-18(11-15(19)16-13)14-5-8-20-12-14/h10,14H,3-9,11-12H2,1-2H3/t14-/m1/s1. The Balaban J connectivity index is 1.66. The highest BCUT2D eigenvalue weighted by Crippen LogP contribution is 2.20. The van der Waals surface area contributed by atoms with Crippen molar-refractivity contribution in [2.45, 2.75) is 45.9 Å². The summed E-state index contributed by atoms with van der Waals surface area (Å²) in [4.78, 5) is 9.80. The van der Waals surface area contributed by atoms with E-state index < -0.39 is 0 Å². The first-order valence-corrected chi connectivity index (χ1v) is 7.89. The Morgan fingerprint density at radius 3 is 2.90 bits per heavy atom. The van der Waals surface area contributed by atoms with Gasteiger partial charge in [0.2, 0.25) is 0 Å². The first-order chi connectivity index (χ1) is 9.80. The lowest BCUT2D eigenvalue weighted by molar-refractivity contribution is 0.121. The Morgan fingerprint density at radius 2 is 2.20 bits per heavy atom. The molecule has 0 unspecified atom stereocenters. The molecular weight excluding hydrogens is 252 g/mol. The lowest BCUT2D eigenvalue weighted by Gasteiger charge is -2.31. The van der Waals surface area contributed by atoms with Crippen LogP contribution < -0.4 is 0 Å². The van der Waals surface area contributed by atoms with Gasteiger partial charge in [0.25, 0.3) is 0 Å². The average Bonchev–Trinajstić information content (AvgIpc) is 3.12. The van der Waals surface area contributed by atoms with Gasteiger partial charge in [-0.05, 0) is 19.5 Å². The van der Waals surface area contributed by atoms with Crippen molar-refractivity contribution >= 4 is 0 Å². The van der Waals surface area contributed by atoms with Crippen LogP contribution in [0.4, 0.5) is 0 Å². The van der Waals surface area contributed by atoms with Crippen molar-refractivity contribution in [2.75, 3.05) is 32.8 Å². The Kier molecular flexibility index (Phi) is 4.38. The largest absolute Gasteiger partial charge is 0.380 e. The highest BCUT2D eigenvalue weighted by Gasteiger charge is 2.27. The van der Waals surface area contributed by atoms with Gasteiger partial charge in [0.15, 0.2) is 0 Å². The molecule has 5 heteroatoms. The molecule has 1 atom stereocenters. The van der Waals surface area contributed by atoms with Gasteiger partial charge in [0.05, 0.1) is 18.8 Å². The lowest BCUT2D eigenvalue weighted by Crippen LogP contribution is -2.41. The summed E-state index contributed by atoms with van der Waals surface area (Å²) in [5.74, 6) is 1.23. The second kappa shape index (κ2) is 6.24. The van der Waals surface area contributed by atoms with Crippen molar-refractivity contribution in [3.63, 3.8) is 0 Å². The van der Waals surface area contributed by atoms with Gasteiger partial charge in [0, 0.05) is 38.5 Å². The third kappa shape index (κ3) is 2.90. The predicted molar refractivity (Wildman–Crippen MR) is 78.5 cm³/mol. The van der Waals surface area contributed by atoms with E-state index in [1.54, 1.807) is 0 Å². The molecular formula is C15H26N4O. The highest BCUT2D eigenvalue weighted by atomic mass is 16.5.